The van der Waals surface area contributed by atoms with E-state index in [1.807, 2.05) is 75.9 Å². The molecule has 0 bridgehead atoms. The third-order valence-corrected chi connectivity index (χ3v) is 11.2. The number of nitrogens with two attached hydrogens (primary N) is 1. The zero-order chi connectivity index (χ0) is 33.9. The molecule has 3 fully saturated rings. The van der Waals surface area contributed by atoms with Crippen LogP contribution in [0, 0.1) is 0 Å². The van der Waals surface area contributed by atoms with Crippen molar-refractivity contribution < 1.29 is 28.4 Å². The van der Waals surface area contributed by atoms with E-state index in [1.54, 1.807) is 6.20 Å². The number of nitrogens with zero attached hydrogens (tertiary/aromatic N) is 2. The average molecular weight is 677 g/mol. The van der Waals surface area contributed by atoms with Crippen molar-refractivity contribution in [2.45, 2.75) is 81.9 Å². The van der Waals surface area contributed by atoms with Gasteiger partial charge in [0.1, 0.15) is 12.4 Å². The molecular formula is C34H45BN6O6S. The molecule has 4 heterocycles. The number of amides is 3. The Balaban J connectivity index is 0.973. The van der Waals surface area contributed by atoms with E-state index in [9.17, 15) is 9.59 Å². The number of fused-ring (bicyclic) bond motifs is 2. The summed E-state index contributed by atoms with van der Waals surface area (Å²) >= 11 is 1.90. The van der Waals surface area contributed by atoms with Gasteiger partial charge in [0.25, 0.3) is 0 Å². The number of aromatic nitrogens is 2. The highest BCUT2D eigenvalue weighted by molar-refractivity contribution is 8.00. The molecule has 3 aliphatic rings. The van der Waals surface area contributed by atoms with Gasteiger partial charge in [0.05, 0.1) is 53.9 Å². The average Bonchev–Trinajstić information content (AvgIpc) is 3.67. The first-order valence-electron chi connectivity index (χ1n) is 16.7. The number of benzene rings is 2. The van der Waals surface area contributed by atoms with Gasteiger partial charge in [-0.15, -0.1) is 0 Å². The van der Waals surface area contributed by atoms with Gasteiger partial charge in [-0.05, 0) is 69.8 Å². The van der Waals surface area contributed by atoms with E-state index < -0.39 is 18.3 Å². The van der Waals surface area contributed by atoms with Gasteiger partial charge in [0.15, 0.2) is 0 Å². The van der Waals surface area contributed by atoms with Crippen molar-refractivity contribution in [2.24, 2.45) is 0 Å². The number of carbonyl (C=O) groups excluding carboxylic acids is 2. The Labute approximate surface area is 286 Å². The summed E-state index contributed by atoms with van der Waals surface area (Å²) in [6.07, 6.45) is 4.80. The number of unbranched alkanes of at least 4 members (excludes halogenated alkanes) is 1. The number of nitrogens with one attached hydrogen (secondary N) is 3. The maximum absolute atomic E-state index is 12.3. The molecule has 2 aromatic carbocycles. The molecule has 3 aromatic rings. The van der Waals surface area contributed by atoms with Crippen molar-refractivity contribution in [2.75, 3.05) is 37.9 Å². The van der Waals surface area contributed by atoms with E-state index in [1.165, 1.54) is 0 Å². The second-order valence-electron chi connectivity index (χ2n) is 13.6. The first kappa shape index (κ1) is 34.3. The highest BCUT2D eigenvalue weighted by Gasteiger charge is 2.51. The Bertz CT molecular complexity index is 1630. The van der Waals surface area contributed by atoms with Crippen LogP contribution in [0.1, 0.15) is 53.4 Å². The monoisotopic (exact) mass is 676 g/mol. The summed E-state index contributed by atoms with van der Waals surface area (Å²) < 4.78 is 24.6. The van der Waals surface area contributed by atoms with Crippen molar-refractivity contribution in [1.29, 1.82) is 0 Å². The normalized spacial score (nSPS) is 22.4. The first-order valence-corrected chi connectivity index (χ1v) is 17.7. The molecule has 3 atom stereocenters. The fourth-order valence-corrected chi connectivity index (χ4v) is 7.75. The van der Waals surface area contributed by atoms with Gasteiger partial charge in [0.2, 0.25) is 5.91 Å². The first-order chi connectivity index (χ1) is 23.0. The number of carbonyl (C=O) groups is 2. The van der Waals surface area contributed by atoms with Crippen LogP contribution >= 0.6 is 11.8 Å². The molecule has 48 heavy (non-hydrogen) atoms. The molecule has 0 spiro atoms. The number of hydrogen-bond donors (Lipinski definition) is 4. The van der Waals surface area contributed by atoms with Gasteiger partial charge in [0, 0.05) is 34.9 Å². The van der Waals surface area contributed by atoms with Crippen LogP contribution in [0.2, 0.25) is 0 Å². The number of anilines is 1. The molecule has 0 unspecified atom stereocenters. The smallest absolute Gasteiger partial charge is 0.491 e. The van der Waals surface area contributed by atoms with Crippen molar-refractivity contribution in [1.82, 2.24) is 26.1 Å². The summed E-state index contributed by atoms with van der Waals surface area (Å²) in [6, 6.07) is 12.2. The fourth-order valence-electron chi connectivity index (χ4n) is 6.21. The molecule has 5 N–H and O–H groups in total. The molecule has 256 valence electrons. The molecule has 0 saturated carbocycles. The summed E-state index contributed by atoms with van der Waals surface area (Å²) in [4.78, 5) is 23.9. The summed E-state index contributed by atoms with van der Waals surface area (Å²) in [5.41, 5.74) is 9.08. The number of urea groups is 1. The van der Waals surface area contributed by atoms with Crippen molar-refractivity contribution >= 4 is 52.9 Å². The van der Waals surface area contributed by atoms with Crippen LogP contribution in [0.25, 0.3) is 22.0 Å². The fraction of sp³-hybridized carbons (Fsp3) is 0.529. The van der Waals surface area contributed by atoms with Gasteiger partial charge in [-0.25, -0.2) is 4.79 Å². The lowest BCUT2D eigenvalue weighted by Crippen LogP contribution is -2.41. The number of ether oxygens (including phenoxy) is 2. The van der Waals surface area contributed by atoms with Crippen LogP contribution in [0.15, 0.2) is 42.6 Å². The van der Waals surface area contributed by atoms with Crippen molar-refractivity contribution in [3.05, 3.63) is 42.6 Å². The lowest BCUT2D eigenvalue weighted by atomic mass is 9.77. The molecule has 0 radical (unpaired) electrons. The van der Waals surface area contributed by atoms with E-state index in [-0.39, 0.29) is 24.0 Å². The van der Waals surface area contributed by atoms with E-state index in [0.717, 1.165) is 47.0 Å². The Morgan fingerprint density at radius 3 is 2.71 bits per heavy atom. The van der Waals surface area contributed by atoms with Crippen LogP contribution in [0.5, 0.6) is 5.75 Å². The Morgan fingerprint density at radius 1 is 1.08 bits per heavy atom. The highest BCUT2D eigenvalue weighted by atomic mass is 32.2. The quantitative estimate of drug-likeness (QED) is 0.113. The Morgan fingerprint density at radius 2 is 1.90 bits per heavy atom. The van der Waals surface area contributed by atoms with Crippen LogP contribution in [-0.4, -0.2) is 89.9 Å². The van der Waals surface area contributed by atoms with E-state index in [2.05, 4.69) is 26.1 Å². The number of rotatable bonds is 14. The minimum Gasteiger partial charge on any atom is -0.491 e. The van der Waals surface area contributed by atoms with Crippen LogP contribution < -0.4 is 31.9 Å². The van der Waals surface area contributed by atoms with Crippen molar-refractivity contribution in [3.8, 4) is 16.9 Å². The largest absolute Gasteiger partial charge is 0.494 e. The third-order valence-electron chi connectivity index (χ3n) is 9.65. The maximum atomic E-state index is 12.3. The second-order valence-corrected chi connectivity index (χ2v) is 14.8. The molecule has 3 amide bonds. The SMILES string of the molecule is CC1(C)OB(c2ccc(OCCOCCNC(=O)CCCC[C@@H]3SC[C@@H]4NC(=O)N[C@@H]43)c(-c3ccc4c(N)cnnc4c3)c2)OC1(C)C. The molecule has 1 aromatic heterocycles. The van der Waals surface area contributed by atoms with E-state index >= 15 is 0 Å². The number of hydrogen-bond acceptors (Lipinski definition) is 10. The standard InChI is InChI=1S/C34H45BN6O6S/c1-33(2)34(3,4)47-35(46-33)22-10-12-28(24(18-22)21-9-11-23-25(36)19-38-41-26(23)17-21)45-16-15-44-14-13-37-30(42)8-6-5-7-29-31-27(20-48-29)39-32(43)40-31/h9-12,17-19,27,29,31H,5-8,13-16,20H2,1-4H3,(H2,36,41)(H,37,42)(H2,39,40,43)/t27-,29-,31-/m0/s1. The summed E-state index contributed by atoms with van der Waals surface area (Å²) in [7, 11) is -0.523. The summed E-state index contributed by atoms with van der Waals surface area (Å²) in [6.45, 7) is 9.65. The molecule has 3 saturated heterocycles. The minimum absolute atomic E-state index is 0.0243. The van der Waals surface area contributed by atoms with Gasteiger partial charge >= 0.3 is 13.1 Å². The molecule has 6 rings (SSSR count). The maximum Gasteiger partial charge on any atom is 0.494 e. The van der Waals surface area contributed by atoms with Gasteiger partial charge < -0.3 is 40.5 Å². The lowest BCUT2D eigenvalue weighted by molar-refractivity contribution is -0.121. The summed E-state index contributed by atoms with van der Waals surface area (Å²) in [5, 5.41) is 18.5. The minimum atomic E-state index is -0.523. The second kappa shape index (κ2) is 14.5. The summed E-state index contributed by atoms with van der Waals surface area (Å²) in [5.74, 6) is 1.66. The van der Waals surface area contributed by atoms with Gasteiger partial charge in [-0.3, -0.25) is 4.79 Å². The zero-order valence-corrected chi connectivity index (χ0v) is 28.9. The third kappa shape index (κ3) is 7.67. The van der Waals surface area contributed by atoms with Gasteiger partial charge in [-0.1, -0.05) is 24.6 Å². The van der Waals surface area contributed by atoms with E-state index in [0.29, 0.717) is 55.0 Å². The number of nitrogen functional groups attached to an aromatic ring is 1. The van der Waals surface area contributed by atoms with Gasteiger partial charge in [-0.2, -0.15) is 22.0 Å². The predicted octanol–water partition coefficient (Wildman–Crippen LogP) is 3.42. The highest BCUT2D eigenvalue weighted by Crippen LogP contribution is 2.38. The molecule has 3 aliphatic heterocycles. The van der Waals surface area contributed by atoms with Crippen LogP contribution in [-0.2, 0) is 18.8 Å². The van der Waals surface area contributed by atoms with Crippen LogP contribution in [0.3, 0.4) is 0 Å². The molecular weight excluding hydrogens is 631 g/mol. The van der Waals surface area contributed by atoms with Crippen molar-refractivity contribution in [3.63, 3.8) is 0 Å². The topological polar surface area (TPSA) is 159 Å². The van der Waals surface area contributed by atoms with E-state index in [4.69, 9.17) is 24.5 Å². The Hall–Kier alpha value is -3.59. The Kier molecular flexibility index (Phi) is 10.4. The predicted molar refractivity (Wildman–Crippen MR) is 188 cm³/mol. The number of thioether (sulfide) groups is 1. The molecule has 14 heteroatoms. The molecule has 12 nitrogen and oxygen atoms in total. The lowest BCUT2D eigenvalue weighted by Gasteiger charge is -2.32. The molecule has 0 aliphatic carbocycles. The van der Waals surface area contributed by atoms with Crippen LogP contribution in [0.4, 0.5) is 10.5 Å². The zero-order valence-electron chi connectivity index (χ0n) is 28.0.